The molecular formula is C20H20F3NO5. The van der Waals surface area contributed by atoms with E-state index >= 15 is 0 Å². The van der Waals surface area contributed by atoms with Crippen LogP contribution in [0.25, 0.3) is 0 Å². The third-order valence-electron chi connectivity index (χ3n) is 3.49. The summed E-state index contributed by atoms with van der Waals surface area (Å²) in [5, 5.41) is 2.24. The van der Waals surface area contributed by atoms with Crippen molar-refractivity contribution in [3.63, 3.8) is 0 Å². The second-order valence-electron chi connectivity index (χ2n) is 5.87. The third-order valence-corrected chi connectivity index (χ3v) is 3.49. The molecule has 0 bridgehead atoms. The first-order valence-electron chi connectivity index (χ1n) is 8.77. The molecule has 1 amide bonds. The van der Waals surface area contributed by atoms with Crippen molar-refractivity contribution in [2.45, 2.75) is 19.5 Å². The molecule has 9 heteroatoms. The molecule has 0 spiro atoms. The summed E-state index contributed by atoms with van der Waals surface area (Å²) in [6, 6.07) is 10.9. The largest absolute Gasteiger partial charge is 0.490 e. The molecule has 6 nitrogen and oxygen atoms in total. The fourth-order valence-corrected chi connectivity index (χ4v) is 2.20. The van der Waals surface area contributed by atoms with E-state index in [2.05, 4.69) is 5.32 Å². The molecule has 2 aromatic rings. The molecule has 0 atom stereocenters. The number of para-hydroxylation sites is 2. The number of carbonyl (C=O) groups is 2. The molecule has 1 N–H and O–H groups in total. The van der Waals surface area contributed by atoms with Crippen molar-refractivity contribution in [2.24, 2.45) is 0 Å². The Labute approximate surface area is 165 Å². The predicted octanol–water partition coefficient (Wildman–Crippen LogP) is 4.05. The molecule has 29 heavy (non-hydrogen) atoms. The van der Waals surface area contributed by atoms with E-state index in [1.165, 1.54) is 6.07 Å². The lowest BCUT2D eigenvalue weighted by molar-refractivity contribution is -0.149. The van der Waals surface area contributed by atoms with Crippen molar-refractivity contribution < 1.29 is 37.0 Å². The van der Waals surface area contributed by atoms with Crippen LogP contribution < -0.4 is 14.8 Å². The second kappa shape index (κ2) is 10.4. The van der Waals surface area contributed by atoms with Crippen molar-refractivity contribution in [3.8, 4) is 11.5 Å². The van der Waals surface area contributed by atoms with Crippen molar-refractivity contribution in [1.82, 2.24) is 0 Å². The molecule has 0 aliphatic rings. The molecule has 0 aliphatic carbocycles. The number of halogens is 3. The molecular weight excluding hydrogens is 391 g/mol. The maximum Gasteiger partial charge on any atom is 0.416 e. The summed E-state index contributed by atoms with van der Waals surface area (Å²) < 4.78 is 53.6. The highest BCUT2D eigenvalue weighted by Gasteiger charge is 2.30. The maximum atomic E-state index is 12.7. The van der Waals surface area contributed by atoms with Gasteiger partial charge in [0, 0.05) is 5.69 Å². The lowest BCUT2D eigenvalue weighted by atomic mass is 10.2. The quantitative estimate of drug-likeness (QED) is 0.630. The van der Waals surface area contributed by atoms with Gasteiger partial charge in [-0.25, -0.2) is 4.79 Å². The first kappa shape index (κ1) is 22.1. The first-order valence-corrected chi connectivity index (χ1v) is 8.77. The molecule has 156 valence electrons. The van der Waals surface area contributed by atoms with E-state index in [1.54, 1.807) is 24.3 Å². The van der Waals surface area contributed by atoms with Gasteiger partial charge in [-0.2, -0.15) is 13.2 Å². The maximum absolute atomic E-state index is 12.7. The molecule has 2 aromatic carbocycles. The Balaban J connectivity index is 1.80. The van der Waals surface area contributed by atoms with Gasteiger partial charge in [0.15, 0.2) is 24.7 Å². The van der Waals surface area contributed by atoms with E-state index in [9.17, 15) is 22.8 Å². The number of amides is 1. The molecule has 0 aliphatic heterocycles. The van der Waals surface area contributed by atoms with Crippen LogP contribution in [0.15, 0.2) is 48.5 Å². The number of hydrogen-bond donors (Lipinski definition) is 1. The van der Waals surface area contributed by atoms with E-state index in [1.807, 2.05) is 6.92 Å². The monoisotopic (exact) mass is 411 g/mol. The number of benzene rings is 2. The molecule has 0 fully saturated rings. The van der Waals surface area contributed by atoms with Crippen LogP contribution in [0.3, 0.4) is 0 Å². The summed E-state index contributed by atoms with van der Waals surface area (Å²) in [7, 11) is 0. The Morgan fingerprint density at radius 3 is 2.31 bits per heavy atom. The number of carbonyl (C=O) groups excluding carboxylic acids is 2. The SMILES string of the molecule is CCCOc1ccccc1OCC(=O)OCC(=O)Nc1cccc(C(F)(F)F)c1. The smallest absolute Gasteiger partial charge is 0.416 e. The first-order chi connectivity index (χ1) is 13.8. The van der Waals surface area contributed by atoms with Crippen molar-refractivity contribution >= 4 is 17.6 Å². The number of nitrogens with one attached hydrogen (secondary N) is 1. The summed E-state index contributed by atoms with van der Waals surface area (Å²) in [6.07, 6.45) is -3.72. The van der Waals surface area contributed by atoms with Crippen LogP contribution in [-0.2, 0) is 20.5 Å². The zero-order chi connectivity index (χ0) is 21.3. The Bertz CT molecular complexity index is 839. The van der Waals surface area contributed by atoms with Gasteiger partial charge >= 0.3 is 12.1 Å². The van der Waals surface area contributed by atoms with Crippen LogP contribution in [0, 0.1) is 0 Å². The van der Waals surface area contributed by atoms with Crippen molar-refractivity contribution in [1.29, 1.82) is 0 Å². The zero-order valence-electron chi connectivity index (χ0n) is 15.6. The van der Waals surface area contributed by atoms with Crippen LogP contribution in [0.5, 0.6) is 11.5 Å². The minimum absolute atomic E-state index is 0.0564. The Morgan fingerprint density at radius 1 is 0.966 bits per heavy atom. The lowest BCUT2D eigenvalue weighted by Gasteiger charge is -2.12. The summed E-state index contributed by atoms with van der Waals surface area (Å²) in [5.74, 6) is -0.755. The second-order valence-corrected chi connectivity index (χ2v) is 5.87. The van der Waals surface area contributed by atoms with E-state index in [0.717, 1.165) is 24.6 Å². The average molecular weight is 411 g/mol. The highest BCUT2D eigenvalue weighted by Crippen LogP contribution is 2.30. The van der Waals surface area contributed by atoms with Gasteiger partial charge in [-0.3, -0.25) is 4.79 Å². The average Bonchev–Trinajstić information content (AvgIpc) is 2.69. The number of alkyl halides is 3. The highest BCUT2D eigenvalue weighted by molar-refractivity contribution is 5.92. The van der Waals surface area contributed by atoms with E-state index in [4.69, 9.17) is 14.2 Å². The summed E-state index contributed by atoms with van der Waals surface area (Å²) in [6.45, 7) is 1.32. The molecule has 0 saturated carbocycles. The Morgan fingerprint density at radius 2 is 1.66 bits per heavy atom. The molecule has 2 rings (SSSR count). The van der Waals surface area contributed by atoms with Crippen LogP contribution >= 0.6 is 0 Å². The highest BCUT2D eigenvalue weighted by atomic mass is 19.4. The van der Waals surface area contributed by atoms with Gasteiger partial charge in [0.25, 0.3) is 5.91 Å². The number of esters is 1. The van der Waals surface area contributed by atoms with E-state index in [0.29, 0.717) is 18.1 Å². The fourth-order valence-electron chi connectivity index (χ4n) is 2.20. The molecule has 0 saturated heterocycles. The van der Waals surface area contributed by atoms with Crippen molar-refractivity contribution in [2.75, 3.05) is 25.1 Å². The van der Waals surface area contributed by atoms with Gasteiger partial charge in [0.1, 0.15) is 0 Å². The van der Waals surface area contributed by atoms with Gasteiger partial charge < -0.3 is 19.5 Å². The normalized spacial score (nSPS) is 10.9. The van der Waals surface area contributed by atoms with Crippen LogP contribution in [0.2, 0.25) is 0 Å². The minimum atomic E-state index is -4.53. The molecule has 0 heterocycles. The number of hydrogen-bond acceptors (Lipinski definition) is 5. The van der Waals surface area contributed by atoms with Gasteiger partial charge in [0.2, 0.25) is 0 Å². The minimum Gasteiger partial charge on any atom is -0.490 e. The topological polar surface area (TPSA) is 73.9 Å². The molecule has 0 radical (unpaired) electrons. The molecule has 0 aromatic heterocycles. The van der Waals surface area contributed by atoms with Gasteiger partial charge in [-0.1, -0.05) is 25.1 Å². The third kappa shape index (κ3) is 7.36. The van der Waals surface area contributed by atoms with Crippen molar-refractivity contribution in [3.05, 3.63) is 54.1 Å². The summed E-state index contributed by atoms with van der Waals surface area (Å²) in [4.78, 5) is 23.6. The number of anilines is 1. The van der Waals surface area contributed by atoms with E-state index in [-0.39, 0.29) is 5.69 Å². The standard InChI is InChI=1S/C20H20F3NO5/c1-2-10-27-16-8-3-4-9-17(16)28-13-19(26)29-12-18(25)24-15-7-5-6-14(11-15)20(21,22)23/h3-9,11H,2,10,12-13H2,1H3,(H,24,25). The molecule has 0 unspecified atom stereocenters. The van der Waals surface area contributed by atoms with Crippen LogP contribution in [0.4, 0.5) is 18.9 Å². The summed E-state index contributed by atoms with van der Waals surface area (Å²) >= 11 is 0. The fraction of sp³-hybridized carbons (Fsp3) is 0.300. The lowest BCUT2D eigenvalue weighted by Crippen LogP contribution is -2.24. The summed E-state index contributed by atoms with van der Waals surface area (Å²) in [5.41, 5.74) is -0.955. The Hall–Kier alpha value is -3.23. The van der Waals surface area contributed by atoms with Gasteiger partial charge in [-0.15, -0.1) is 0 Å². The Kier molecular flexibility index (Phi) is 7.88. The van der Waals surface area contributed by atoms with Crippen LogP contribution in [0.1, 0.15) is 18.9 Å². The number of ether oxygens (including phenoxy) is 3. The van der Waals surface area contributed by atoms with E-state index < -0.39 is 36.8 Å². The van der Waals surface area contributed by atoms with Crippen LogP contribution in [-0.4, -0.2) is 31.7 Å². The number of rotatable bonds is 9. The zero-order valence-corrected chi connectivity index (χ0v) is 15.6. The van der Waals surface area contributed by atoms with Gasteiger partial charge in [0.05, 0.1) is 12.2 Å². The van der Waals surface area contributed by atoms with Gasteiger partial charge in [-0.05, 0) is 36.8 Å². The predicted molar refractivity (Wildman–Crippen MR) is 98.8 cm³/mol.